The van der Waals surface area contributed by atoms with Crippen molar-refractivity contribution in [1.82, 2.24) is 0 Å². The van der Waals surface area contributed by atoms with Crippen LogP contribution in [0.5, 0.6) is 0 Å². The molecule has 0 fully saturated rings. The minimum Gasteiger partial charge on any atom is -0.298 e. The van der Waals surface area contributed by atoms with Crippen molar-refractivity contribution in [2.24, 2.45) is 0 Å². The summed E-state index contributed by atoms with van der Waals surface area (Å²) >= 11 is 0. The van der Waals surface area contributed by atoms with Crippen LogP contribution in [0.25, 0.3) is 0 Å². The summed E-state index contributed by atoms with van der Waals surface area (Å²) in [4.78, 5) is 21.6. The van der Waals surface area contributed by atoms with Crippen molar-refractivity contribution in [1.29, 1.82) is 0 Å². The van der Waals surface area contributed by atoms with E-state index in [1.54, 1.807) is 0 Å². The zero-order valence-electron chi connectivity index (χ0n) is 9.93. The smallest absolute Gasteiger partial charge is 0.184 e. The normalized spacial score (nSPS) is 12.2. The van der Waals surface area contributed by atoms with Crippen molar-refractivity contribution >= 4 is 22.4 Å². The fourth-order valence-electron chi connectivity index (χ4n) is 1.38. The van der Waals surface area contributed by atoms with Gasteiger partial charge in [-0.2, -0.15) is 0 Å². The second kappa shape index (κ2) is 4.41. The number of sulfone groups is 1. The van der Waals surface area contributed by atoms with Gasteiger partial charge in [-0.25, -0.2) is 8.42 Å². The van der Waals surface area contributed by atoms with Crippen LogP contribution in [-0.2, 0) is 9.84 Å². The molecule has 0 atom stereocenters. The standard InChI is InChI=1S/C12H14O4S/c1-12(2,3)17(15,16)11-9(7-13)5-4-6-10(11)8-14/h4-8H,1-3H3. The van der Waals surface area contributed by atoms with Gasteiger partial charge in [-0.05, 0) is 20.8 Å². The number of hydrogen-bond donors (Lipinski definition) is 0. The Morgan fingerprint density at radius 1 is 1.00 bits per heavy atom. The summed E-state index contributed by atoms with van der Waals surface area (Å²) < 4.78 is 23.5. The third kappa shape index (κ3) is 2.29. The van der Waals surface area contributed by atoms with E-state index in [9.17, 15) is 18.0 Å². The molecule has 1 rings (SSSR count). The van der Waals surface area contributed by atoms with Crippen LogP contribution in [0.1, 0.15) is 41.5 Å². The first-order valence-corrected chi connectivity index (χ1v) is 6.52. The van der Waals surface area contributed by atoms with Gasteiger partial charge < -0.3 is 0 Å². The molecule has 17 heavy (non-hydrogen) atoms. The number of aldehydes is 2. The molecule has 5 heteroatoms. The molecule has 92 valence electrons. The molecule has 0 aromatic heterocycles. The van der Waals surface area contributed by atoms with Crippen LogP contribution in [0.15, 0.2) is 23.1 Å². The molecule has 0 saturated carbocycles. The van der Waals surface area contributed by atoms with Crippen molar-refractivity contribution in [2.75, 3.05) is 0 Å². The maximum atomic E-state index is 12.3. The molecule has 1 aromatic carbocycles. The minimum atomic E-state index is -3.72. The van der Waals surface area contributed by atoms with Gasteiger partial charge in [0.05, 0.1) is 9.64 Å². The Morgan fingerprint density at radius 3 is 1.71 bits per heavy atom. The largest absolute Gasteiger partial charge is 0.298 e. The third-order valence-corrected chi connectivity index (χ3v) is 5.03. The highest BCUT2D eigenvalue weighted by Gasteiger charge is 2.34. The Morgan fingerprint density at radius 2 is 1.41 bits per heavy atom. The summed E-state index contributed by atoms with van der Waals surface area (Å²) in [5.41, 5.74) is 0.0362. The Hall–Kier alpha value is -1.49. The van der Waals surface area contributed by atoms with Gasteiger partial charge in [0.25, 0.3) is 0 Å². The Balaban J connectivity index is 3.72. The molecule has 0 radical (unpaired) electrons. The van der Waals surface area contributed by atoms with Gasteiger partial charge in [0, 0.05) is 11.1 Å². The van der Waals surface area contributed by atoms with Crippen molar-refractivity contribution in [3.63, 3.8) is 0 Å². The average molecular weight is 254 g/mol. The second-order valence-electron chi connectivity index (χ2n) is 4.62. The molecule has 0 unspecified atom stereocenters. The average Bonchev–Trinajstić information content (AvgIpc) is 2.26. The molecule has 4 nitrogen and oxygen atoms in total. The van der Waals surface area contributed by atoms with Crippen LogP contribution in [0.3, 0.4) is 0 Å². The Bertz CT molecular complexity index is 524. The number of carbonyl (C=O) groups is 2. The highest BCUT2D eigenvalue weighted by atomic mass is 32.2. The van der Waals surface area contributed by atoms with E-state index in [1.165, 1.54) is 39.0 Å². The molecule has 0 aliphatic heterocycles. The van der Waals surface area contributed by atoms with Crippen LogP contribution in [0.2, 0.25) is 0 Å². The topological polar surface area (TPSA) is 68.3 Å². The lowest BCUT2D eigenvalue weighted by atomic mass is 10.1. The molecule has 0 amide bonds. The molecule has 0 N–H and O–H groups in total. The summed E-state index contributed by atoms with van der Waals surface area (Å²) in [5.74, 6) is 0. The van der Waals surface area contributed by atoms with Gasteiger partial charge in [-0.15, -0.1) is 0 Å². The molecule has 0 saturated heterocycles. The number of hydrogen-bond acceptors (Lipinski definition) is 4. The first-order valence-electron chi connectivity index (χ1n) is 5.03. The zero-order valence-corrected chi connectivity index (χ0v) is 10.7. The zero-order chi connectivity index (χ0) is 13.3. The van der Waals surface area contributed by atoms with E-state index in [1.807, 2.05) is 0 Å². The van der Waals surface area contributed by atoms with Gasteiger partial charge in [0.1, 0.15) is 0 Å². The quantitative estimate of drug-likeness (QED) is 0.772. The SMILES string of the molecule is CC(C)(C)S(=O)(=O)c1c(C=O)cccc1C=O. The van der Waals surface area contributed by atoms with E-state index < -0.39 is 14.6 Å². The van der Waals surface area contributed by atoms with Gasteiger partial charge in [0.2, 0.25) is 0 Å². The van der Waals surface area contributed by atoms with Gasteiger partial charge in [0.15, 0.2) is 22.4 Å². The van der Waals surface area contributed by atoms with E-state index in [4.69, 9.17) is 0 Å². The molecule has 1 aromatic rings. The molecule has 0 spiro atoms. The van der Waals surface area contributed by atoms with Gasteiger partial charge >= 0.3 is 0 Å². The van der Waals surface area contributed by atoms with Crippen molar-refractivity contribution < 1.29 is 18.0 Å². The van der Waals surface area contributed by atoms with Crippen LogP contribution < -0.4 is 0 Å². The van der Waals surface area contributed by atoms with Crippen molar-refractivity contribution in [2.45, 2.75) is 30.4 Å². The fraction of sp³-hybridized carbons (Fsp3) is 0.333. The number of rotatable bonds is 3. The highest BCUT2D eigenvalue weighted by molar-refractivity contribution is 7.93. The minimum absolute atomic E-state index is 0.0181. The Kier molecular flexibility index (Phi) is 3.52. The monoisotopic (exact) mass is 254 g/mol. The fourth-order valence-corrected chi connectivity index (χ4v) is 2.84. The van der Waals surface area contributed by atoms with E-state index in [-0.39, 0.29) is 16.0 Å². The Labute approximate surface area is 101 Å². The summed E-state index contributed by atoms with van der Waals surface area (Å²) in [7, 11) is -3.72. The maximum absolute atomic E-state index is 12.3. The summed E-state index contributed by atoms with van der Waals surface area (Å²) in [5, 5.41) is 0. The maximum Gasteiger partial charge on any atom is 0.184 e. The van der Waals surface area contributed by atoms with E-state index in [0.717, 1.165) is 0 Å². The summed E-state index contributed by atoms with van der Waals surface area (Å²) in [6, 6.07) is 4.26. The molecule has 0 bridgehead atoms. The van der Waals surface area contributed by atoms with Crippen LogP contribution in [0, 0.1) is 0 Å². The third-order valence-electron chi connectivity index (χ3n) is 2.40. The first-order chi connectivity index (χ1) is 7.75. The molecule has 0 aliphatic carbocycles. The van der Waals surface area contributed by atoms with E-state index >= 15 is 0 Å². The predicted octanol–water partition coefficient (Wildman–Crippen LogP) is 1.88. The molecular weight excluding hydrogens is 240 g/mol. The number of carbonyl (C=O) groups excluding carboxylic acids is 2. The van der Waals surface area contributed by atoms with Gasteiger partial charge in [-0.1, -0.05) is 18.2 Å². The lowest BCUT2D eigenvalue weighted by Crippen LogP contribution is -2.29. The highest BCUT2D eigenvalue weighted by Crippen LogP contribution is 2.29. The summed E-state index contributed by atoms with van der Waals surface area (Å²) in [6.07, 6.45) is 0.900. The van der Waals surface area contributed by atoms with Crippen LogP contribution >= 0.6 is 0 Å². The first kappa shape index (κ1) is 13.6. The predicted molar refractivity (Wildman–Crippen MR) is 64.2 cm³/mol. The number of benzene rings is 1. The van der Waals surface area contributed by atoms with Crippen LogP contribution in [0.4, 0.5) is 0 Å². The second-order valence-corrected chi connectivity index (χ2v) is 7.26. The molecular formula is C12H14O4S. The molecule has 0 aliphatic rings. The van der Waals surface area contributed by atoms with Crippen molar-refractivity contribution in [3.8, 4) is 0 Å². The van der Waals surface area contributed by atoms with Crippen LogP contribution in [-0.4, -0.2) is 25.7 Å². The van der Waals surface area contributed by atoms with E-state index in [0.29, 0.717) is 12.6 Å². The van der Waals surface area contributed by atoms with Gasteiger partial charge in [-0.3, -0.25) is 9.59 Å². The lowest BCUT2D eigenvalue weighted by molar-refractivity contribution is 0.111. The lowest BCUT2D eigenvalue weighted by Gasteiger charge is -2.21. The van der Waals surface area contributed by atoms with Crippen molar-refractivity contribution in [3.05, 3.63) is 29.3 Å². The van der Waals surface area contributed by atoms with E-state index in [2.05, 4.69) is 0 Å². The summed E-state index contributed by atoms with van der Waals surface area (Å²) in [6.45, 7) is 4.58. The molecule has 0 heterocycles.